The summed E-state index contributed by atoms with van der Waals surface area (Å²) in [6.45, 7) is 0. The number of amides is 1. The van der Waals surface area contributed by atoms with E-state index in [4.69, 9.17) is 21.1 Å². The second kappa shape index (κ2) is 7.60. The summed E-state index contributed by atoms with van der Waals surface area (Å²) < 4.78 is 10.8. The molecule has 148 valence electrons. The number of nitrogens with zero attached hydrogens (tertiary/aromatic N) is 1. The van der Waals surface area contributed by atoms with E-state index in [1.807, 2.05) is 12.1 Å². The molecule has 3 aromatic rings. The van der Waals surface area contributed by atoms with Crippen LogP contribution in [0, 0.1) is 0 Å². The van der Waals surface area contributed by atoms with E-state index in [2.05, 4.69) is 15.5 Å². The smallest absolute Gasteiger partial charge is 0.226 e. The highest BCUT2D eigenvalue weighted by molar-refractivity contribution is 6.30. The maximum absolute atomic E-state index is 13.6. The molecule has 0 bridgehead atoms. The maximum Gasteiger partial charge on any atom is 0.226 e. The van der Waals surface area contributed by atoms with Gasteiger partial charge in [-0.25, -0.2) is 0 Å². The number of ketones is 1. The van der Waals surface area contributed by atoms with Crippen molar-refractivity contribution in [1.82, 2.24) is 10.2 Å². The van der Waals surface area contributed by atoms with Gasteiger partial charge in [-0.15, -0.1) is 0 Å². The molecule has 0 fully saturated rings. The van der Waals surface area contributed by atoms with Crippen LogP contribution in [-0.4, -0.2) is 36.1 Å². The number of halogens is 1. The van der Waals surface area contributed by atoms with Crippen molar-refractivity contribution in [3.63, 3.8) is 0 Å². The van der Waals surface area contributed by atoms with E-state index in [0.717, 1.165) is 5.56 Å². The SMILES string of the molecule is COc1cccc(OC)c1C(=O)[C@H]1CC(=O)Nc2n[nH]c(-c3ccc(Cl)cc3)c21. The summed E-state index contributed by atoms with van der Waals surface area (Å²) in [5.74, 6) is -0.172. The summed E-state index contributed by atoms with van der Waals surface area (Å²) >= 11 is 6.00. The van der Waals surface area contributed by atoms with Crippen molar-refractivity contribution in [3.8, 4) is 22.8 Å². The number of carbonyl (C=O) groups is 2. The third-order valence-electron chi connectivity index (χ3n) is 4.92. The number of benzene rings is 2. The molecule has 7 nitrogen and oxygen atoms in total. The summed E-state index contributed by atoms with van der Waals surface area (Å²) in [6.07, 6.45) is -0.00679. The van der Waals surface area contributed by atoms with Gasteiger partial charge in [0.25, 0.3) is 0 Å². The van der Waals surface area contributed by atoms with Gasteiger partial charge in [0.05, 0.1) is 25.8 Å². The lowest BCUT2D eigenvalue weighted by Crippen LogP contribution is -2.28. The average Bonchev–Trinajstić information content (AvgIpc) is 3.16. The number of H-pyrrole nitrogens is 1. The van der Waals surface area contributed by atoms with Crippen LogP contribution in [0.1, 0.15) is 28.3 Å². The maximum atomic E-state index is 13.6. The Kier molecular flexibility index (Phi) is 4.98. The van der Waals surface area contributed by atoms with Gasteiger partial charge in [-0.05, 0) is 24.3 Å². The number of Topliss-reactive ketones (excluding diaryl/α,β-unsaturated/α-hetero) is 1. The quantitative estimate of drug-likeness (QED) is 0.617. The number of ether oxygens (including phenoxy) is 2. The molecule has 1 aliphatic rings. The van der Waals surface area contributed by atoms with Crippen LogP contribution in [-0.2, 0) is 4.79 Å². The third-order valence-corrected chi connectivity index (χ3v) is 5.18. The van der Waals surface area contributed by atoms with Crippen molar-refractivity contribution >= 4 is 29.1 Å². The Morgan fingerprint density at radius 1 is 1.10 bits per heavy atom. The molecule has 4 rings (SSSR count). The normalized spacial score (nSPS) is 15.4. The lowest BCUT2D eigenvalue weighted by Gasteiger charge is -2.23. The second-order valence-electron chi connectivity index (χ2n) is 6.57. The number of aromatic amines is 1. The van der Waals surface area contributed by atoms with Crippen LogP contribution in [0.15, 0.2) is 42.5 Å². The van der Waals surface area contributed by atoms with Crippen molar-refractivity contribution in [1.29, 1.82) is 0 Å². The predicted molar refractivity (Wildman–Crippen MR) is 109 cm³/mol. The summed E-state index contributed by atoms with van der Waals surface area (Å²) in [5, 5.41) is 10.5. The summed E-state index contributed by atoms with van der Waals surface area (Å²) in [4.78, 5) is 25.9. The van der Waals surface area contributed by atoms with Crippen LogP contribution >= 0.6 is 11.6 Å². The average molecular weight is 412 g/mol. The lowest BCUT2D eigenvalue weighted by atomic mass is 9.83. The number of hydrogen-bond acceptors (Lipinski definition) is 5. The largest absolute Gasteiger partial charge is 0.496 e. The fourth-order valence-corrected chi connectivity index (χ4v) is 3.71. The number of carbonyl (C=O) groups excluding carboxylic acids is 2. The molecular formula is C21H18ClN3O4. The Hall–Kier alpha value is -3.32. The van der Waals surface area contributed by atoms with Gasteiger partial charge in [-0.3, -0.25) is 14.7 Å². The third kappa shape index (κ3) is 3.34. The first kappa shape index (κ1) is 19.0. The van der Waals surface area contributed by atoms with E-state index in [1.165, 1.54) is 14.2 Å². The first-order chi connectivity index (χ1) is 14.0. The minimum Gasteiger partial charge on any atom is -0.496 e. The fraction of sp³-hybridized carbons (Fsp3) is 0.190. The van der Waals surface area contributed by atoms with Crippen LogP contribution < -0.4 is 14.8 Å². The van der Waals surface area contributed by atoms with Crippen molar-refractivity contribution in [2.24, 2.45) is 0 Å². The topological polar surface area (TPSA) is 93.3 Å². The van der Waals surface area contributed by atoms with E-state index >= 15 is 0 Å². The number of nitrogens with one attached hydrogen (secondary N) is 2. The molecule has 0 radical (unpaired) electrons. The molecule has 1 atom stereocenters. The molecule has 0 saturated carbocycles. The Balaban J connectivity index is 1.85. The second-order valence-corrected chi connectivity index (χ2v) is 7.01. The number of fused-ring (bicyclic) bond motifs is 1. The van der Waals surface area contributed by atoms with Gasteiger partial charge < -0.3 is 14.8 Å². The van der Waals surface area contributed by atoms with Gasteiger partial charge in [0.15, 0.2) is 11.6 Å². The number of rotatable bonds is 5. The van der Waals surface area contributed by atoms with Crippen molar-refractivity contribution in [2.45, 2.75) is 12.3 Å². The van der Waals surface area contributed by atoms with Gasteiger partial charge in [0.2, 0.25) is 5.91 Å². The van der Waals surface area contributed by atoms with Gasteiger partial charge >= 0.3 is 0 Å². The molecule has 1 aliphatic heterocycles. The van der Waals surface area contributed by atoms with Gasteiger partial charge in [0, 0.05) is 22.6 Å². The standard InChI is InChI=1S/C21H18ClN3O4/c1-28-14-4-3-5-15(29-2)18(14)20(27)13-10-16(26)23-21-17(13)19(24-25-21)11-6-8-12(22)9-7-11/h3-9,13H,10H2,1-2H3,(H2,23,24,25,26)/t13-/m0/s1. The minimum absolute atomic E-state index is 0.00679. The van der Waals surface area contributed by atoms with E-state index < -0.39 is 5.92 Å². The molecule has 0 spiro atoms. The minimum atomic E-state index is -0.742. The summed E-state index contributed by atoms with van der Waals surface area (Å²) in [6, 6.07) is 12.3. The molecule has 29 heavy (non-hydrogen) atoms. The van der Waals surface area contributed by atoms with Crippen molar-refractivity contribution < 1.29 is 19.1 Å². The highest BCUT2D eigenvalue weighted by Crippen LogP contribution is 2.42. The van der Waals surface area contributed by atoms with Crippen LogP contribution in [0.5, 0.6) is 11.5 Å². The predicted octanol–water partition coefficient (Wildman–Crippen LogP) is 4.06. The Bertz CT molecular complexity index is 1070. The Morgan fingerprint density at radius 3 is 2.38 bits per heavy atom. The first-order valence-electron chi connectivity index (χ1n) is 8.92. The monoisotopic (exact) mass is 411 g/mol. The molecule has 2 heterocycles. The van der Waals surface area contributed by atoms with E-state index in [0.29, 0.717) is 39.2 Å². The highest BCUT2D eigenvalue weighted by Gasteiger charge is 2.38. The zero-order valence-corrected chi connectivity index (χ0v) is 16.5. The molecule has 0 saturated heterocycles. The van der Waals surface area contributed by atoms with Gasteiger partial charge in [-0.2, -0.15) is 5.10 Å². The van der Waals surface area contributed by atoms with Crippen molar-refractivity contribution in [3.05, 3.63) is 58.6 Å². The summed E-state index contributed by atoms with van der Waals surface area (Å²) in [7, 11) is 2.98. The van der Waals surface area contributed by atoms with E-state index in [-0.39, 0.29) is 18.1 Å². The molecular weight excluding hydrogens is 394 g/mol. The van der Waals surface area contributed by atoms with Crippen LogP contribution in [0.25, 0.3) is 11.3 Å². The first-order valence-corrected chi connectivity index (χ1v) is 9.30. The van der Waals surface area contributed by atoms with E-state index in [9.17, 15) is 9.59 Å². The number of hydrogen-bond donors (Lipinski definition) is 2. The number of anilines is 1. The zero-order chi connectivity index (χ0) is 20.5. The molecule has 1 amide bonds. The fourth-order valence-electron chi connectivity index (χ4n) is 3.58. The van der Waals surface area contributed by atoms with Crippen molar-refractivity contribution in [2.75, 3.05) is 19.5 Å². The molecule has 1 aromatic heterocycles. The zero-order valence-electron chi connectivity index (χ0n) is 15.8. The van der Waals surface area contributed by atoms with Crippen LogP contribution in [0.3, 0.4) is 0 Å². The van der Waals surface area contributed by atoms with Gasteiger partial charge in [0.1, 0.15) is 17.1 Å². The van der Waals surface area contributed by atoms with Gasteiger partial charge in [-0.1, -0.05) is 29.8 Å². The Labute approximate surface area is 172 Å². The molecule has 8 heteroatoms. The molecule has 2 aromatic carbocycles. The summed E-state index contributed by atoms with van der Waals surface area (Å²) in [5.41, 5.74) is 2.39. The molecule has 0 unspecified atom stereocenters. The van der Waals surface area contributed by atoms with Crippen LogP contribution in [0.4, 0.5) is 5.82 Å². The Morgan fingerprint density at radius 2 is 1.76 bits per heavy atom. The highest BCUT2D eigenvalue weighted by atomic mass is 35.5. The van der Waals surface area contributed by atoms with Crippen LogP contribution in [0.2, 0.25) is 5.02 Å². The molecule has 2 N–H and O–H groups in total. The van der Waals surface area contributed by atoms with E-state index in [1.54, 1.807) is 30.3 Å². The number of aromatic nitrogens is 2. The lowest BCUT2D eigenvalue weighted by molar-refractivity contribution is -0.116. The number of methoxy groups -OCH3 is 2. The molecule has 0 aliphatic carbocycles.